The SMILES string of the molecule is Cc1ccc(NC(=O)C[C@@H]([NH2+]CCc2ccccc2)C(=O)[O-])cc1C. The fraction of sp³-hybridized carbons (Fsp3) is 0.300. The summed E-state index contributed by atoms with van der Waals surface area (Å²) in [7, 11) is 0. The molecule has 25 heavy (non-hydrogen) atoms. The van der Waals surface area contributed by atoms with Gasteiger partial charge in [-0.3, -0.25) is 4.79 Å². The van der Waals surface area contributed by atoms with Gasteiger partial charge in [-0.1, -0.05) is 36.4 Å². The number of benzene rings is 2. The quantitative estimate of drug-likeness (QED) is 0.736. The Morgan fingerprint density at radius 2 is 1.80 bits per heavy atom. The van der Waals surface area contributed by atoms with Gasteiger partial charge in [-0.05, 0) is 42.7 Å². The molecule has 0 fully saturated rings. The van der Waals surface area contributed by atoms with Crippen molar-refractivity contribution < 1.29 is 20.0 Å². The molecule has 132 valence electrons. The monoisotopic (exact) mass is 340 g/mol. The molecule has 3 N–H and O–H groups in total. The Morgan fingerprint density at radius 3 is 2.44 bits per heavy atom. The summed E-state index contributed by atoms with van der Waals surface area (Å²) in [4.78, 5) is 23.4. The van der Waals surface area contributed by atoms with Crippen molar-refractivity contribution in [1.29, 1.82) is 0 Å². The molecule has 0 aromatic heterocycles. The normalized spacial score (nSPS) is 11.8. The first-order chi connectivity index (χ1) is 12.0. The number of quaternary nitrogens is 1. The highest BCUT2D eigenvalue weighted by molar-refractivity contribution is 5.93. The summed E-state index contributed by atoms with van der Waals surface area (Å²) < 4.78 is 0. The van der Waals surface area contributed by atoms with Crippen LogP contribution >= 0.6 is 0 Å². The van der Waals surface area contributed by atoms with Gasteiger partial charge in [0.05, 0.1) is 18.9 Å². The smallest absolute Gasteiger partial charge is 0.230 e. The zero-order valence-electron chi connectivity index (χ0n) is 14.6. The van der Waals surface area contributed by atoms with Crippen LogP contribution in [0, 0.1) is 13.8 Å². The molecule has 1 atom stereocenters. The number of rotatable bonds is 8. The van der Waals surface area contributed by atoms with Crippen molar-refractivity contribution in [3.63, 3.8) is 0 Å². The van der Waals surface area contributed by atoms with Gasteiger partial charge in [0.15, 0.2) is 0 Å². The summed E-state index contributed by atoms with van der Waals surface area (Å²) in [5.74, 6) is -1.54. The van der Waals surface area contributed by atoms with Gasteiger partial charge in [0.25, 0.3) is 0 Å². The number of hydrogen-bond donors (Lipinski definition) is 2. The molecule has 5 nitrogen and oxygen atoms in total. The molecule has 0 radical (unpaired) electrons. The molecular weight excluding hydrogens is 316 g/mol. The minimum absolute atomic E-state index is 0.121. The minimum Gasteiger partial charge on any atom is -0.544 e. The average molecular weight is 340 g/mol. The number of nitrogens with one attached hydrogen (secondary N) is 1. The highest BCUT2D eigenvalue weighted by atomic mass is 16.4. The standard InChI is InChI=1S/C20H24N2O3/c1-14-8-9-17(12-15(14)2)22-19(23)13-18(20(24)25)21-11-10-16-6-4-3-5-7-16/h3-9,12,18,21H,10-11,13H2,1-2H3,(H,22,23)(H,24,25)/t18-/m1/s1. The van der Waals surface area contributed by atoms with Gasteiger partial charge in [-0.25, -0.2) is 0 Å². The Morgan fingerprint density at radius 1 is 1.08 bits per heavy atom. The lowest BCUT2D eigenvalue weighted by Gasteiger charge is -2.16. The minimum atomic E-state index is -1.22. The molecule has 0 spiro atoms. The maximum absolute atomic E-state index is 12.1. The molecule has 1 amide bonds. The van der Waals surface area contributed by atoms with E-state index in [2.05, 4.69) is 5.32 Å². The first-order valence-corrected chi connectivity index (χ1v) is 8.41. The van der Waals surface area contributed by atoms with Crippen molar-refractivity contribution in [2.24, 2.45) is 0 Å². The average Bonchev–Trinajstić information content (AvgIpc) is 2.58. The summed E-state index contributed by atoms with van der Waals surface area (Å²) in [6.07, 6.45) is 0.618. The van der Waals surface area contributed by atoms with Crippen LogP contribution in [0.15, 0.2) is 48.5 Å². The van der Waals surface area contributed by atoms with Crippen LogP contribution in [0.2, 0.25) is 0 Å². The lowest BCUT2D eigenvalue weighted by atomic mass is 10.1. The third kappa shape index (κ3) is 6.04. The Hall–Kier alpha value is -2.66. The molecule has 2 rings (SSSR count). The molecule has 0 bridgehead atoms. The fourth-order valence-electron chi connectivity index (χ4n) is 2.59. The summed E-state index contributed by atoms with van der Waals surface area (Å²) in [5.41, 5.74) is 4.02. The maximum atomic E-state index is 12.1. The molecule has 0 heterocycles. The van der Waals surface area contributed by atoms with E-state index in [0.717, 1.165) is 23.1 Å². The van der Waals surface area contributed by atoms with Gasteiger partial charge in [0.2, 0.25) is 5.91 Å². The molecule has 0 saturated carbocycles. The molecule has 2 aromatic carbocycles. The van der Waals surface area contributed by atoms with Crippen molar-refractivity contribution in [2.45, 2.75) is 32.7 Å². The number of carboxylic acids is 1. The topological polar surface area (TPSA) is 85.8 Å². The molecule has 0 aliphatic heterocycles. The van der Waals surface area contributed by atoms with E-state index in [1.54, 1.807) is 5.32 Å². The van der Waals surface area contributed by atoms with E-state index >= 15 is 0 Å². The van der Waals surface area contributed by atoms with E-state index in [0.29, 0.717) is 12.2 Å². The van der Waals surface area contributed by atoms with Crippen molar-refractivity contribution in [2.75, 3.05) is 11.9 Å². The summed E-state index contributed by atoms with van der Waals surface area (Å²) in [6, 6.07) is 14.5. The van der Waals surface area contributed by atoms with Crippen molar-refractivity contribution in [3.05, 3.63) is 65.2 Å². The second-order valence-electron chi connectivity index (χ2n) is 6.24. The van der Waals surface area contributed by atoms with Crippen LogP contribution in [-0.2, 0) is 16.0 Å². The van der Waals surface area contributed by atoms with E-state index in [9.17, 15) is 14.7 Å². The predicted molar refractivity (Wildman–Crippen MR) is 94.9 cm³/mol. The first-order valence-electron chi connectivity index (χ1n) is 8.41. The van der Waals surface area contributed by atoms with Gasteiger partial charge in [-0.2, -0.15) is 0 Å². The van der Waals surface area contributed by atoms with Crippen LogP contribution in [0.4, 0.5) is 5.69 Å². The Kier molecular flexibility index (Phi) is 6.71. The lowest BCUT2D eigenvalue weighted by molar-refractivity contribution is -0.682. The van der Waals surface area contributed by atoms with E-state index < -0.39 is 12.0 Å². The number of amides is 1. The summed E-state index contributed by atoms with van der Waals surface area (Å²) in [6.45, 7) is 4.54. The van der Waals surface area contributed by atoms with E-state index in [1.165, 1.54) is 0 Å². The lowest BCUT2D eigenvalue weighted by Crippen LogP contribution is -2.93. The van der Waals surface area contributed by atoms with Crippen LogP contribution in [0.25, 0.3) is 0 Å². The number of hydrogen-bond acceptors (Lipinski definition) is 3. The third-order valence-corrected chi connectivity index (χ3v) is 4.23. The van der Waals surface area contributed by atoms with Crippen LogP contribution in [-0.4, -0.2) is 24.5 Å². The van der Waals surface area contributed by atoms with Crippen LogP contribution < -0.4 is 15.7 Å². The van der Waals surface area contributed by atoms with Gasteiger partial charge in [0.1, 0.15) is 6.04 Å². The van der Waals surface area contributed by atoms with E-state index in [-0.39, 0.29) is 12.3 Å². The number of carbonyl (C=O) groups excluding carboxylic acids is 2. The van der Waals surface area contributed by atoms with Gasteiger partial charge < -0.3 is 20.5 Å². The Bertz CT molecular complexity index is 729. The fourth-order valence-corrected chi connectivity index (χ4v) is 2.59. The zero-order chi connectivity index (χ0) is 18.2. The van der Waals surface area contributed by atoms with E-state index in [1.807, 2.05) is 62.4 Å². The third-order valence-electron chi connectivity index (χ3n) is 4.23. The van der Waals surface area contributed by atoms with Crippen molar-refractivity contribution >= 4 is 17.6 Å². The zero-order valence-corrected chi connectivity index (χ0v) is 14.6. The second kappa shape index (κ2) is 8.99. The van der Waals surface area contributed by atoms with Crippen LogP contribution in [0.5, 0.6) is 0 Å². The highest BCUT2D eigenvalue weighted by Crippen LogP contribution is 2.14. The number of aryl methyl sites for hydroxylation is 2. The molecule has 2 aromatic rings. The summed E-state index contributed by atoms with van der Waals surface area (Å²) >= 11 is 0. The molecule has 0 aliphatic carbocycles. The maximum Gasteiger partial charge on any atom is 0.230 e. The van der Waals surface area contributed by atoms with Crippen LogP contribution in [0.1, 0.15) is 23.1 Å². The van der Waals surface area contributed by atoms with E-state index in [4.69, 9.17) is 0 Å². The van der Waals surface area contributed by atoms with Gasteiger partial charge >= 0.3 is 0 Å². The van der Waals surface area contributed by atoms with Crippen molar-refractivity contribution in [1.82, 2.24) is 0 Å². The second-order valence-corrected chi connectivity index (χ2v) is 6.24. The number of carbonyl (C=O) groups is 2. The molecular formula is C20H24N2O3. The first kappa shape index (κ1) is 18.7. The van der Waals surface area contributed by atoms with Gasteiger partial charge in [0, 0.05) is 12.1 Å². The molecule has 0 aliphatic rings. The molecule has 5 heteroatoms. The Labute approximate surface area is 148 Å². The molecule has 0 unspecified atom stereocenters. The van der Waals surface area contributed by atoms with Crippen LogP contribution in [0.3, 0.4) is 0 Å². The predicted octanol–water partition coefficient (Wildman–Crippen LogP) is 0.557. The number of nitrogens with two attached hydrogens (primary N) is 1. The highest BCUT2D eigenvalue weighted by Gasteiger charge is 2.18. The Balaban J connectivity index is 1.86. The van der Waals surface area contributed by atoms with Crippen molar-refractivity contribution in [3.8, 4) is 0 Å². The molecule has 0 saturated heterocycles. The number of carboxylic acid groups (broad SMARTS) is 1. The largest absolute Gasteiger partial charge is 0.544 e. The number of anilines is 1. The van der Waals surface area contributed by atoms with Gasteiger partial charge in [-0.15, -0.1) is 0 Å². The summed E-state index contributed by atoms with van der Waals surface area (Å²) in [5, 5.41) is 15.7. The number of aliphatic carboxylic acids is 1.